The van der Waals surface area contributed by atoms with E-state index < -0.39 is 126 Å². The molecule has 8 N–H and O–H groups in total. The number of hydrazine groups is 1. The Morgan fingerprint density at radius 2 is 1.68 bits per heavy atom. The highest BCUT2D eigenvalue weighted by Gasteiger charge is 2.63. The van der Waals surface area contributed by atoms with Gasteiger partial charge in [0, 0.05) is 25.6 Å². The van der Waals surface area contributed by atoms with Crippen molar-refractivity contribution in [3.8, 4) is 0 Å². The monoisotopic (exact) mass is 839 g/mol. The van der Waals surface area contributed by atoms with Gasteiger partial charge < -0.3 is 51.0 Å². The maximum atomic E-state index is 14.9. The molecule has 3 saturated heterocycles. The fraction of sp³-hybridized carbons (Fsp3) is 0.639. The van der Waals surface area contributed by atoms with E-state index in [-0.39, 0.29) is 27.7 Å². The first-order valence-electron chi connectivity index (χ1n) is 18.7. The lowest BCUT2D eigenvalue weighted by Gasteiger charge is -2.39. The Labute approximate surface area is 337 Å². The van der Waals surface area contributed by atoms with E-state index in [1.54, 1.807) is 20.8 Å². The molecule has 1 aromatic rings. The van der Waals surface area contributed by atoms with Crippen LogP contribution in [-0.2, 0) is 48.6 Å². The van der Waals surface area contributed by atoms with E-state index in [4.69, 9.17) is 32.7 Å². The van der Waals surface area contributed by atoms with Gasteiger partial charge in [0.05, 0.1) is 34.9 Å². The van der Waals surface area contributed by atoms with Gasteiger partial charge in [0.2, 0.25) is 23.6 Å². The van der Waals surface area contributed by atoms with Gasteiger partial charge in [0.25, 0.3) is 5.91 Å². The molecule has 6 rings (SSSR count). The van der Waals surface area contributed by atoms with Gasteiger partial charge in [-0.3, -0.25) is 33.8 Å². The summed E-state index contributed by atoms with van der Waals surface area (Å²) in [5.41, 5.74) is 0.316. The minimum absolute atomic E-state index is 0.00815. The summed E-state index contributed by atoms with van der Waals surface area (Å²) in [4.78, 5) is 98.3. The lowest BCUT2D eigenvalue weighted by atomic mass is 9.90. The summed E-state index contributed by atoms with van der Waals surface area (Å²) in [6.07, 6.45) is -5.04. The zero-order valence-electron chi connectivity index (χ0n) is 31.7. The van der Waals surface area contributed by atoms with Crippen molar-refractivity contribution in [2.24, 2.45) is 11.3 Å². The number of halogens is 2. The van der Waals surface area contributed by atoms with Crippen molar-refractivity contribution >= 4 is 70.4 Å². The number of carboxylic acid groups (broad SMARTS) is 1. The smallest absolute Gasteiger partial charge is 0.330 e. The summed E-state index contributed by atoms with van der Waals surface area (Å²) in [6, 6.07) is -4.96. The van der Waals surface area contributed by atoms with E-state index in [0.717, 1.165) is 9.91 Å². The highest BCUT2D eigenvalue weighted by Crippen LogP contribution is 2.53. The predicted octanol–water partition coefficient (Wildman–Crippen LogP) is -0.653. The number of hydrogen-bond donors (Lipinski definition) is 8. The number of carbonyl (C=O) groups is 7. The molecule has 4 heterocycles. The van der Waals surface area contributed by atoms with E-state index >= 15 is 0 Å². The number of hydrogen-bond acceptors (Lipinski definition) is 13. The summed E-state index contributed by atoms with van der Waals surface area (Å²) in [5.74, 6) is -7.86. The minimum atomic E-state index is -2.11. The third-order valence-corrected chi connectivity index (χ3v) is 12.2. The van der Waals surface area contributed by atoms with Crippen molar-refractivity contribution in [3.05, 3.63) is 27.7 Å². The van der Waals surface area contributed by atoms with Gasteiger partial charge >= 0.3 is 11.9 Å². The van der Waals surface area contributed by atoms with Crippen molar-refractivity contribution in [1.29, 1.82) is 0 Å². The Bertz CT molecular complexity index is 1850. The molecule has 312 valence electrons. The van der Waals surface area contributed by atoms with Gasteiger partial charge in [0.15, 0.2) is 6.10 Å². The maximum Gasteiger partial charge on any atom is 0.330 e. The third-order valence-electron chi connectivity index (χ3n) is 11.4. The Morgan fingerprint density at radius 1 is 1.00 bits per heavy atom. The van der Waals surface area contributed by atoms with E-state index in [9.17, 15) is 48.9 Å². The van der Waals surface area contributed by atoms with Gasteiger partial charge in [-0.25, -0.2) is 10.2 Å². The summed E-state index contributed by atoms with van der Waals surface area (Å²) >= 11 is 12.8. The molecule has 21 heteroatoms. The number of anilines is 1. The van der Waals surface area contributed by atoms with Crippen LogP contribution in [0.4, 0.5) is 5.69 Å². The van der Waals surface area contributed by atoms with Crippen LogP contribution in [0.25, 0.3) is 0 Å². The second-order valence-electron chi connectivity index (χ2n) is 15.9. The van der Waals surface area contributed by atoms with Crippen molar-refractivity contribution in [1.82, 2.24) is 31.3 Å². The van der Waals surface area contributed by atoms with Gasteiger partial charge in [-0.05, 0) is 43.1 Å². The number of carbonyl (C=O) groups excluding carboxylic acids is 6. The number of cyclic esters (lactones) is 1. The SMILES string of the molecule is COC[C@@H]1NC(=O)[C@@H]2CCCNN2C(=O)[C@H](C(C)C)OC(=O)[C@@H](C2(C)CC2)NC(=O)[C@@H]2C[C@@]3(O)c4ccc(Cl)c(Cl)c4N[C@H]3N2C(=O)[C@@H]([C@@H](O)CC(=O)O)NC1=O. The third kappa shape index (κ3) is 7.97. The van der Waals surface area contributed by atoms with Crippen LogP contribution in [0.2, 0.25) is 10.0 Å². The molecule has 5 aliphatic rings. The van der Waals surface area contributed by atoms with Gasteiger partial charge in [0.1, 0.15) is 42.0 Å². The first-order chi connectivity index (χ1) is 26.8. The molecular weight excluding hydrogens is 793 g/mol. The Morgan fingerprint density at radius 3 is 2.32 bits per heavy atom. The molecule has 1 aromatic carbocycles. The number of aliphatic carboxylic acids is 1. The molecule has 0 radical (unpaired) electrons. The largest absolute Gasteiger partial charge is 0.481 e. The van der Waals surface area contributed by atoms with Gasteiger partial charge in [-0.15, -0.1) is 0 Å². The molecule has 9 atom stereocenters. The lowest BCUT2D eigenvalue weighted by molar-refractivity contribution is -0.171. The molecule has 1 aliphatic carbocycles. The number of methoxy groups -OCH3 is 1. The van der Waals surface area contributed by atoms with Crippen molar-refractivity contribution in [3.63, 3.8) is 0 Å². The summed E-state index contributed by atoms with van der Waals surface area (Å²) in [7, 11) is 1.23. The van der Waals surface area contributed by atoms with E-state index in [1.807, 2.05) is 0 Å². The highest BCUT2D eigenvalue weighted by molar-refractivity contribution is 6.44. The standard InChI is InChI=1S/C36H47Cl2N7O12/c1-15(2)26-32(53)45-19(6-5-11-39-45)29(50)40-18(14-56-4)28(49)41-25(21(46)12-22(47)48)31(52)44-20(30(51)43-27(33(54)57-26)35(3)9-10-35)13-36(55)16-7-8-17(37)23(38)24(16)42-34(36)44/h7-8,15,18-21,25-27,34,39,42,46,55H,5-6,9-14H2,1-4H3,(H,40,50)(H,41,49)(H,43,51)(H,47,48)/t18-,19-,20-,21-,25+,26-,27-,34-,36+/m0/s1. The fourth-order valence-electron chi connectivity index (χ4n) is 7.96. The number of rotatable bonds is 7. The fourth-order valence-corrected chi connectivity index (χ4v) is 8.34. The molecule has 57 heavy (non-hydrogen) atoms. The second-order valence-corrected chi connectivity index (χ2v) is 16.6. The summed E-state index contributed by atoms with van der Waals surface area (Å²) in [6.45, 7) is 4.85. The van der Waals surface area contributed by atoms with Crippen molar-refractivity contribution in [2.45, 2.75) is 113 Å². The molecule has 0 spiro atoms. The van der Waals surface area contributed by atoms with Gasteiger partial charge in [-0.1, -0.05) is 50.0 Å². The van der Waals surface area contributed by atoms with Crippen molar-refractivity contribution < 1.29 is 58.4 Å². The number of benzene rings is 1. The molecule has 4 fully saturated rings. The molecule has 19 nitrogen and oxygen atoms in total. The zero-order chi connectivity index (χ0) is 41.7. The van der Waals surface area contributed by atoms with Crippen LogP contribution in [0.1, 0.15) is 64.9 Å². The Balaban J connectivity index is 1.48. The number of amides is 5. The normalized spacial score (nSPS) is 32.3. The zero-order valence-corrected chi connectivity index (χ0v) is 33.2. The molecule has 0 aromatic heterocycles. The van der Waals surface area contributed by atoms with Crippen LogP contribution in [0.15, 0.2) is 12.1 Å². The molecule has 1 saturated carbocycles. The molecule has 4 aliphatic heterocycles. The van der Waals surface area contributed by atoms with Crippen LogP contribution in [0.3, 0.4) is 0 Å². The average molecular weight is 841 g/mol. The molecular formula is C36H47Cl2N7O12. The summed E-state index contributed by atoms with van der Waals surface area (Å²) < 4.78 is 11.1. The number of nitrogens with one attached hydrogen (secondary N) is 5. The quantitative estimate of drug-likeness (QED) is 0.159. The second kappa shape index (κ2) is 16.2. The minimum Gasteiger partial charge on any atom is -0.481 e. The highest BCUT2D eigenvalue weighted by atomic mass is 35.5. The van der Waals surface area contributed by atoms with Crippen LogP contribution in [0, 0.1) is 11.3 Å². The van der Waals surface area contributed by atoms with Crippen molar-refractivity contribution in [2.75, 3.05) is 25.6 Å². The predicted molar refractivity (Wildman–Crippen MR) is 199 cm³/mol. The summed E-state index contributed by atoms with van der Waals surface area (Å²) in [5, 5.41) is 44.9. The Kier molecular flexibility index (Phi) is 12.0. The number of fused-ring (bicyclic) bond motifs is 6. The van der Waals surface area contributed by atoms with E-state index in [0.29, 0.717) is 25.8 Å². The number of carboxylic acids is 1. The molecule has 0 bridgehead atoms. The first kappa shape index (κ1) is 42.3. The average Bonchev–Trinajstić information content (AvgIpc) is 3.73. The maximum absolute atomic E-state index is 14.9. The van der Waals surface area contributed by atoms with Crippen LogP contribution in [0.5, 0.6) is 0 Å². The van der Waals surface area contributed by atoms with E-state index in [1.165, 1.54) is 19.2 Å². The number of nitrogens with zero attached hydrogens (tertiary/aromatic N) is 2. The van der Waals surface area contributed by atoms with Crippen LogP contribution >= 0.6 is 23.2 Å². The topological polar surface area (TPSA) is 265 Å². The lowest BCUT2D eigenvalue weighted by Crippen LogP contribution is -2.66. The van der Waals surface area contributed by atoms with Crippen LogP contribution in [-0.4, -0.2) is 136 Å². The number of ether oxygens (including phenoxy) is 2. The van der Waals surface area contributed by atoms with Gasteiger partial charge in [-0.2, -0.15) is 0 Å². The Hall–Kier alpha value is -4.27. The van der Waals surface area contributed by atoms with Crippen LogP contribution < -0.4 is 26.7 Å². The molecule has 5 amide bonds. The number of esters is 1. The number of aliphatic hydroxyl groups excluding tert-OH is 1. The first-order valence-corrected chi connectivity index (χ1v) is 19.4. The molecule has 0 unspecified atom stereocenters. The van der Waals surface area contributed by atoms with E-state index in [2.05, 4.69) is 26.7 Å². The number of aliphatic hydroxyl groups is 2.